The van der Waals surface area contributed by atoms with Crippen LogP contribution >= 0.6 is 0 Å². The topological polar surface area (TPSA) is 228 Å². The number of hydrogen-bond acceptors (Lipinski definition) is 13. The summed E-state index contributed by atoms with van der Waals surface area (Å²) in [5.41, 5.74) is 0. The van der Waals surface area contributed by atoms with Gasteiger partial charge in [-0.15, -0.1) is 0 Å². The number of aliphatic hydroxyl groups excluding tert-OH is 8. The Balaban J connectivity index is 1.51. The van der Waals surface area contributed by atoms with Crippen molar-refractivity contribution in [3.05, 3.63) is 12.2 Å². The van der Waals surface area contributed by atoms with Crippen LogP contribution in [0.15, 0.2) is 12.2 Å². The number of amides is 1. The Bertz CT molecular complexity index is 1380. The molecule has 9 N–H and O–H groups in total. The predicted octanol–water partition coefficient (Wildman–Crippen LogP) is 12.6. The minimum absolute atomic E-state index is 0.236. The molecule has 0 aromatic rings. The highest BCUT2D eigenvalue weighted by atomic mass is 16.7. The lowest BCUT2D eigenvalue weighted by Crippen LogP contribution is -2.65. The SMILES string of the molecule is CCCCCCCC/C=C/C(O)C(COC1OC(CO)C(OC2OC(CO)C(O)C(O)C2O)C(O)C1O)NC(=O)CCCCCCCCCCCCCCCCCCCCCCCCCCCCCCCCCCCCCCC. The van der Waals surface area contributed by atoms with E-state index in [1.54, 1.807) is 6.08 Å². The Morgan fingerprint density at radius 2 is 0.785 bits per heavy atom. The van der Waals surface area contributed by atoms with Gasteiger partial charge in [-0.05, 0) is 19.3 Å². The smallest absolute Gasteiger partial charge is 0.220 e. The lowest BCUT2D eigenvalue weighted by Gasteiger charge is -2.46. The van der Waals surface area contributed by atoms with Gasteiger partial charge in [-0.3, -0.25) is 4.79 Å². The first-order valence-corrected chi connectivity index (χ1v) is 33.4. The van der Waals surface area contributed by atoms with Gasteiger partial charge in [0.15, 0.2) is 12.6 Å². The summed E-state index contributed by atoms with van der Waals surface area (Å²) in [6, 6.07) is -0.908. The summed E-state index contributed by atoms with van der Waals surface area (Å²) in [5.74, 6) is -0.236. The van der Waals surface area contributed by atoms with Gasteiger partial charge in [-0.2, -0.15) is 0 Å². The summed E-state index contributed by atoms with van der Waals surface area (Å²) in [4.78, 5) is 13.2. The highest BCUT2D eigenvalue weighted by molar-refractivity contribution is 5.76. The van der Waals surface area contributed by atoms with Crippen molar-refractivity contribution in [2.75, 3.05) is 19.8 Å². The molecular formula is C65H125NO13. The van der Waals surface area contributed by atoms with E-state index in [1.165, 1.54) is 231 Å². The van der Waals surface area contributed by atoms with E-state index < -0.39 is 86.8 Å². The number of carbonyl (C=O) groups excluding carboxylic acids is 1. The highest BCUT2D eigenvalue weighted by Gasteiger charge is 2.51. The molecule has 2 aliphatic rings. The van der Waals surface area contributed by atoms with E-state index in [0.717, 1.165) is 44.9 Å². The van der Waals surface area contributed by atoms with E-state index in [9.17, 15) is 45.6 Å². The largest absolute Gasteiger partial charge is 0.394 e. The Morgan fingerprint density at radius 3 is 1.16 bits per heavy atom. The van der Waals surface area contributed by atoms with Crippen molar-refractivity contribution < 1.29 is 64.6 Å². The van der Waals surface area contributed by atoms with E-state index in [1.807, 2.05) is 6.08 Å². The monoisotopic (exact) mass is 1130 g/mol. The minimum atomic E-state index is -1.78. The molecule has 79 heavy (non-hydrogen) atoms. The molecule has 14 heteroatoms. The van der Waals surface area contributed by atoms with Gasteiger partial charge >= 0.3 is 0 Å². The molecule has 0 aromatic carbocycles. The van der Waals surface area contributed by atoms with Crippen LogP contribution in [0.1, 0.15) is 303 Å². The molecule has 2 aliphatic heterocycles. The third-order valence-electron chi connectivity index (χ3n) is 16.7. The third-order valence-corrected chi connectivity index (χ3v) is 16.7. The van der Waals surface area contributed by atoms with Crippen molar-refractivity contribution in [2.24, 2.45) is 0 Å². The van der Waals surface area contributed by atoms with E-state index in [-0.39, 0.29) is 18.9 Å². The molecule has 2 fully saturated rings. The van der Waals surface area contributed by atoms with E-state index in [4.69, 9.17) is 18.9 Å². The maximum atomic E-state index is 13.2. The number of carbonyl (C=O) groups is 1. The zero-order valence-electron chi connectivity index (χ0n) is 50.6. The van der Waals surface area contributed by atoms with E-state index in [0.29, 0.717) is 6.42 Å². The van der Waals surface area contributed by atoms with Gasteiger partial charge < -0.3 is 65.1 Å². The molecule has 0 aromatic heterocycles. The normalized spacial score (nSPS) is 24.4. The summed E-state index contributed by atoms with van der Waals surface area (Å²) >= 11 is 0. The van der Waals surface area contributed by atoms with Gasteiger partial charge in [0.2, 0.25) is 5.91 Å². The second kappa shape index (κ2) is 51.2. The zero-order chi connectivity index (χ0) is 57.4. The molecule has 14 nitrogen and oxygen atoms in total. The van der Waals surface area contributed by atoms with Crippen molar-refractivity contribution in [1.29, 1.82) is 0 Å². The second-order valence-corrected chi connectivity index (χ2v) is 24.0. The van der Waals surface area contributed by atoms with Crippen LogP contribution in [0.5, 0.6) is 0 Å². The second-order valence-electron chi connectivity index (χ2n) is 24.0. The first-order valence-electron chi connectivity index (χ1n) is 33.4. The number of unbranched alkanes of at least 4 members (excludes halogenated alkanes) is 42. The minimum Gasteiger partial charge on any atom is -0.394 e. The molecule has 1 amide bonds. The number of nitrogens with one attached hydrogen (secondary N) is 1. The van der Waals surface area contributed by atoms with Crippen LogP contribution in [-0.4, -0.2) is 140 Å². The van der Waals surface area contributed by atoms with Gasteiger partial charge in [0.25, 0.3) is 0 Å². The quantitative estimate of drug-likeness (QED) is 0.0204. The molecule has 2 rings (SSSR count). The number of hydrogen-bond donors (Lipinski definition) is 9. The summed E-state index contributed by atoms with van der Waals surface area (Å²) in [6.07, 6.45) is 44.8. The Kier molecular flexibility index (Phi) is 47.8. The molecule has 0 spiro atoms. The molecule has 2 heterocycles. The zero-order valence-corrected chi connectivity index (χ0v) is 50.6. The van der Waals surface area contributed by atoms with Gasteiger partial charge in [0.05, 0.1) is 32.0 Å². The number of rotatable bonds is 55. The van der Waals surface area contributed by atoms with Gasteiger partial charge in [0.1, 0.15) is 48.8 Å². The molecule has 12 unspecified atom stereocenters. The fraction of sp³-hybridized carbons (Fsp3) is 0.954. The number of aliphatic hydroxyl groups is 8. The number of ether oxygens (including phenoxy) is 4. The fourth-order valence-corrected chi connectivity index (χ4v) is 11.4. The van der Waals surface area contributed by atoms with Crippen molar-refractivity contribution in [2.45, 2.75) is 376 Å². The van der Waals surface area contributed by atoms with Gasteiger partial charge in [0, 0.05) is 6.42 Å². The predicted molar refractivity (Wildman–Crippen MR) is 319 cm³/mol. The summed E-state index contributed by atoms with van der Waals surface area (Å²) < 4.78 is 22.7. The van der Waals surface area contributed by atoms with Crippen LogP contribution < -0.4 is 5.32 Å². The van der Waals surface area contributed by atoms with Gasteiger partial charge in [-0.1, -0.05) is 289 Å². The van der Waals surface area contributed by atoms with Crippen LogP contribution in [0.3, 0.4) is 0 Å². The first-order chi connectivity index (χ1) is 38.6. The molecule has 0 saturated carbocycles. The Labute approximate surface area is 482 Å². The summed E-state index contributed by atoms with van der Waals surface area (Å²) in [7, 11) is 0. The summed E-state index contributed by atoms with van der Waals surface area (Å²) in [5, 5.41) is 86.8. The molecule has 0 bridgehead atoms. The van der Waals surface area contributed by atoms with Crippen molar-refractivity contribution in [3.63, 3.8) is 0 Å². The van der Waals surface area contributed by atoms with Crippen molar-refractivity contribution in [3.8, 4) is 0 Å². The number of allylic oxidation sites excluding steroid dienone is 1. The maximum absolute atomic E-state index is 13.2. The average Bonchev–Trinajstić information content (AvgIpc) is 3.54. The molecular weight excluding hydrogens is 1000 g/mol. The fourth-order valence-electron chi connectivity index (χ4n) is 11.4. The van der Waals surface area contributed by atoms with Crippen LogP contribution in [-0.2, 0) is 23.7 Å². The van der Waals surface area contributed by atoms with Crippen LogP contribution in [0.4, 0.5) is 0 Å². The molecule has 2 saturated heterocycles. The Hall–Kier alpha value is -1.27. The highest BCUT2D eigenvalue weighted by Crippen LogP contribution is 2.30. The van der Waals surface area contributed by atoms with Crippen molar-refractivity contribution in [1.82, 2.24) is 5.32 Å². The Morgan fingerprint density at radius 1 is 0.443 bits per heavy atom. The average molecular weight is 1130 g/mol. The molecule has 0 aliphatic carbocycles. The first kappa shape index (κ1) is 73.8. The van der Waals surface area contributed by atoms with Crippen LogP contribution in [0, 0.1) is 0 Å². The molecule has 12 atom stereocenters. The van der Waals surface area contributed by atoms with Crippen molar-refractivity contribution >= 4 is 5.91 Å². The van der Waals surface area contributed by atoms with E-state index >= 15 is 0 Å². The third kappa shape index (κ3) is 36.2. The standard InChI is InChI=1S/C65H125NO13/c1-3-5-7-9-11-13-14-15-16-17-18-19-20-21-22-23-24-25-26-27-28-29-30-31-32-33-34-35-36-37-38-39-40-41-43-45-47-49-57(70)66-53(54(69)48-46-44-42-12-10-8-6-4-2)52-76-64-62(75)60(73)63(56(51-68)78-64)79-65-61(74)59(72)58(71)55(50-67)77-65/h46,48,53-56,58-65,67-69,71-75H,3-45,47,49-52H2,1-2H3,(H,66,70)/b48-46+. The molecule has 468 valence electrons. The lowest BCUT2D eigenvalue weighted by atomic mass is 9.97. The summed E-state index contributed by atoms with van der Waals surface area (Å²) in [6.45, 7) is 2.78. The van der Waals surface area contributed by atoms with Gasteiger partial charge in [-0.25, -0.2) is 0 Å². The van der Waals surface area contributed by atoms with Crippen LogP contribution in [0.25, 0.3) is 0 Å². The van der Waals surface area contributed by atoms with Crippen LogP contribution in [0.2, 0.25) is 0 Å². The van der Waals surface area contributed by atoms with E-state index in [2.05, 4.69) is 19.2 Å². The maximum Gasteiger partial charge on any atom is 0.220 e. The molecule has 0 radical (unpaired) electrons. The lowest BCUT2D eigenvalue weighted by molar-refractivity contribution is -0.359.